The van der Waals surface area contributed by atoms with Crippen molar-refractivity contribution in [2.24, 2.45) is 0 Å². The van der Waals surface area contributed by atoms with Crippen LogP contribution in [0.4, 0.5) is 0 Å². The smallest absolute Gasteiger partial charge is 0.291 e. The Bertz CT molecular complexity index is 472. The molecule has 0 N–H and O–H groups in total. The number of aromatic nitrogens is 2. The second-order valence-corrected chi connectivity index (χ2v) is 5.42. The predicted octanol–water partition coefficient (Wildman–Crippen LogP) is 0.887. The highest BCUT2D eigenvalue weighted by Crippen LogP contribution is 2.36. The Balaban J connectivity index is 1.60. The molecule has 0 radical (unpaired) electrons. The molecule has 2 saturated heterocycles. The molecule has 20 heavy (non-hydrogen) atoms. The molecule has 3 rings (SSSR count). The number of hydrogen-bond acceptors (Lipinski definition) is 5. The first-order valence-electron chi connectivity index (χ1n) is 6.95. The summed E-state index contributed by atoms with van der Waals surface area (Å²) in [5, 5.41) is 0. The quantitative estimate of drug-likeness (QED) is 0.803. The fourth-order valence-electron chi connectivity index (χ4n) is 2.97. The lowest BCUT2D eigenvalue weighted by Crippen LogP contribution is -2.47. The summed E-state index contributed by atoms with van der Waals surface area (Å²) in [6.45, 7) is 2.04. The van der Waals surface area contributed by atoms with Gasteiger partial charge in [0.15, 0.2) is 0 Å². The van der Waals surface area contributed by atoms with Gasteiger partial charge in [0.1, 0.15) is 0 Å². The molecular weight excluding hydrogens is 258 g/mol. The van der Waals surface area contributed by atoms with Crippen LogP contribution >= 0.6 is 0 Å². The molecule has 6 heteroatoms. The molecule has 2 aliphatic heterocycles. The van der Waals surface area contributed by atoms with Gasteiger partial charge in [-0.1, -0.05) is 0 Å². The zero-order valence-corrected chi connectivity index (χ0v) is 11.6. The first-order chi connectivity index (χ1) is 9.72. The molecular formula is C14H19N3O3. The Hall–Kier alpha value is -1.53. The lowest BCUT2D eigenvalue weighted by Gasteiger charge is -2.38. The molecule has 1 aromatic heterocycles. The summed E-state index contributed by atoms with van der Waals surface area (Å²) in [4.78, 5) is 22.1. The van der Waals surface area contributed by atoms with Crippen molar-refractivity contribution in [3.63, 3.8) is 0 Å². The number of methoxy groups -OCH3 is 1. The van der Waals surface area contributed by atoms with Gasteiger partial charge in [-0.05, 0) is 18.9 Å². The summed E-state index contributed by atoms with van der Waals surface area (Å²) in [5.41, 5.74) is -0.102. The van der Waals surface area contributed by atoms with E-state index in [9.17, 15) is 4.79 Å². The van der Waals surface area contributed by atoms with Gasteiger partial charge in [-0.2, -0.15) is 0 Å². The molecule has 0 unspecified atom stereocenters. The molecule has 3 heterocycles. The van der Waals surface area contributed by atoms with Crippen LogP contribution in [0.25, 0.3) is 0 Å². The van der Waals surface area contributed by atoms with Crippen molar-refractivity contribution < 1.29 is 14.3 Å². The van der Waals surface area contributed by atoms with Gasteiger partial charge in [0.05, 0.1) is 18.3 Å². The lowest BCUT2D eigenvalue weighted by atomic mass is 9.88. The topological polar surface area (TPSA) is 64.6 Å². The van der Waals surface area contributed by atoms with Crippen molar-refractivity contribution in [1.82, 2.24) is 14.9 Å². The van der Waals surface area contributed by atoms with E-state index < -0.39 is 0 Å². The highest BCUT2D eigenvalue weighted by Gasteiger charge is 2.43. The van der Waals surface area contributed by atoms with Gasteiger partial charge in [0.2, 0.25) is 5.82 Å². The zero-order chi connectivity index (χ0) is 14.0. The fourth-order valence-corrected chi connectivity index (χ4v) is 2.97. The molecule has 0 aromatic carbocycles. The van der Waals surface area contributed by atoms with E-state index in [1.54, 1.807) is 25.6 Å². The average Bonchev–Trinajstić information content (AvgIpc) is 2.91. The van der Waals surface area contributed by atoms with Gasteiger partial charge in [0, 0.05) is 39.0 Å². The molecule has 0 bridgehead atoms. The predicted molar refractivity (Wildman–Crippen MR) is 71.3 cm³/mol. The number of piperidine rings is 1. The maximum Gasteiger partial charge on any atom is 0.291 e. The number of carbonyl (C=O) groups is 1. The standard InChI is InChI=1S/C14H19N3O3/c1-19-11-9-14(20-10-11)3-7-17(8-4-14)13(18)12-15-5-2-6-16-12/h2,5-6,11H,3-4,7-10H2,1H3/t11-/m1/s1. The summed E-state index contributed by atoms with van der Waals surface area (Å²) in [5.74, 6) is 0.173. The van der Waals surface area contributed by atoms with Crippen molar-refractivity contribution in [3.05, 3.63) is 24.3 Å². The minimum atomic E-state index is -0.102. The lowest BCUT2D eigenvalue weighted by molar-refractivity contribution is -0.0403. The van der Waals surface area contributed by atoms with E-state index in [4.69, 9.17) is 9.47 Å². The van der Waals surface area contributed by atoms with Gasteiger partial charge in [-0.15, -0.1) is 0 Å². The number of rotatable bonds is 2. The maximum absolute atomic E-state index is 12.3. The van der Waals surface area contributed by atoms with Crippen molar-refractivity contribution in [2.45, 2.75) is 31.0 Å². The van der Waals surface area contributed by atoms with Gasteiger partial charge < -0.3 is 14.4 Å². The van der Waals surface area contributed by atoms with Crippen LogP contribution in [0.1, 0.15) is 29.9 Å². The Morgan fingerprint density at radius 1 is 1.40 bits per heavy atom. The van der Waals surface area contributed by atoms with Crippen LogP contribution in [-0.2, 0) is 9.47 Å². The van der Waals surface area contributed by atoms with Crippen LogP contribution in [-0.4, -0.2) is 59.3 Å². The van der Waals surface area contributed by atoms with E-state index >= 15 is 0 Å². The molecule has 108 valence electrons. The Kier molecular flexibility index (Phi) is 3.67. The molecule has 2 fully saturated rings. The second kappa shape index (κ2) is 5.46. The van der Waals surface area contributed by atoms with Gasteiger partial charge >= 0.3 is 0 Å². The Labute approximate surface area is 118 Å². The highest BCUT2D eigenvalue weighted by atomic mass is 16.6. The molecule has 1 atom stereocenters. The minimum absolute atomic E-state index is 0.0956. The van der Waals surface area contributed by atoms with Crippen LogP contribution in [0.2, 0.25) is 0 Å². The number of ether oxygens (including phenoxy) is 2. The van der Waals surface area contributed by atoms with E-state index in [0.717, 1.165) is 19.3 Å². The van der Waals surface area contributed by atoms with Crippen LogP contribution in [0.15, 0.2) is 18.5 Å². The Morgan fingerprint density at radius 3 is 2.70 bits per heavy atom. The van der Waals surface area contributed by atoms with Crippen molar-refractivity contribution >= 4 is 5.91 Å². The number of hydrogen-bond donors (Lipinski definition) is 0. The van der Waals surface area contributed by atoms with E-state index in [1.165, 1.54) is 0 Å². The van der Waals surface area contributed by atoms with E-state index in [0.29, 0.717) is 19.7 Å². The third-order valence-electron chi connectivity index (χ3n) is 4.23. The van der Waals surface area contributed by atoms with Crippen LogP contribution < -0.4 is 0 Å². The number of likely N-dealkylation sites (tertiary alicyclic amines) is 1. The largest absolute Gasteiger partial charge is 0.379 e. The first-order valence-corrected chi connectivity index (χ1v) is 6.95. The third-order valence-corrected chi connectivity index (χ3v) is 4.23. The normalized spacial score (nSPS) is 25.1. The fraction of sp³-hybridized carbons (Fsp3) is 0.643. The molecule has 0 saturated carbocycles. The summed E-state index contributed by atoms with van der Waals surface area (Å²) < 4.78 is 11.3. The van der Waals surface area contributed by atoms with Gasteiger partial charge in [-0.3, -0.25) is 4.79 Å². The number of carbonyl (C=O) groups excluding carboxylic acids is 1. The van der Waals surface area contributed by atoms with Crippen LogP contribution in [0.5, 0.6) is 0 Å². The van der Waals surface area contributed by atoms with Crippen molar-refractivity contribution in [2.75, 3.05) is 26.8 Å². The second-order valence-electron chi connectivity index (χ2n) is 5.42. The Morgan fingerprint density at radius 2 is 2.10 bits per heavy atom. The molecule has 6 nitrogen and oxygen atoms in total. The summed E-state index contributed by atoms with van der Waals surface area (Å²) >= 11 is 0. The van der Waals surface area contributed by atoms with Crippen LogP contribution in [0, 0.1) is 0 Å². The first kappa shape index (κ1) is 13.5. The number of amides is 1. The van der Waals surface area contributed by atoms with Crippen LogP contribution in [0.3, 0.4) is 0 Å². The monoisotopic (exact) mass is 277 g/mol. The number of nitrogens with zero attached hydrogens (tertiary/aromatic N) is 3. The van der Waals surface area contributed by atoms with Crippen molar-refractivity contribution in [3.8, 4) is 0 Å². The summed E-state index contributed by atoms with van der Waals surface area (Å²) in [6.07, 6.45) is 6.00. The van der Waals surface area contributed by atoms with E-state index in [1.807, 2.05) is 4.90 Å². The molecule has 1 spiro atoms. The minimum Gasteiger partial charge on any atom is -0.379 e. The molecule has 0 aliphatic carbocycles. The zero-order valence-electron chi connectivity index (χ0n) is 11.6. The molecule has 1 aromatic rings. The van der Waals surface area contributed by atoms with Gasteiger partial charge in [0.25, 0.3) is 5.91 Å². The maximum atomic E-state index is 12.3. The highest BCUT2D eigenvalue weighted by molar-refractivity contribution is 5.90. The van der Waals surface area contributed by atoms with Gasteiger partial charge in [-0.25, -0.2) is 9.97 Å². The third kappa shape index (κ3) is 2.53. The molecule has 1 amide bonds. The van der Waals surface area contributed by atoms with E-state index in [-0.39, 0.29) is 23.4 Å². The van der Waals surface area contributed by atoms with Crippen molar-refractivity contribution in [1.29, 1.82) is 0 Å². The SMILES string of the molecule is CO[C@H]1COC2(CCN(C(=O)c3ncccn3)CC2)C1. The summed E-state index contributed by atoms with van der Waals surface area (Å²) in [6, 6.07) is 1.71. The summed E-state index contributed by atoms with van der Waals surface area (Å²) in [7, 11) is 1.72. The average molecular weight is 277 g/mol. The molecule has 2 aliphatic rings. The van der Waals surface area contributed by atoms with E-state index in [2.05, 4.69) is 9.97 Å².